The Kier molecular flexibility index (Phi) is 3.99. The van der Waals surface area contributed by atoms with Crippen molar-refractivity contribution in [1.29, 1.82) is 0 Å². The Morgan fingerprint density at radius 2 is 1.12 bits per heavy atom. The molecule has 0 aliphatic rings. The summed E-state index contributed by atoms with van der Waals surface area (Å²) in [5.41, 5.74) is 0. The Hall–Kier alpha value is 0.698. The van der Waals surface area contributed by atoms with Gasteiger partial charge in [-0.05, 0) is 0 Å². The molecule has 4 heteroatoms. The van der Waals surface area contributed by atoms with Crippen LogP contribution in [0.15, 0.2) is 0 Å². The normalized spacial score (nSPS) is 14.0. The molecule has 0 aromatic carbocycles. The van der Waals surface area contributed by atoms with Crippen LogP contribution in [0.2, 0.25) is 4.87 Å². The van der Waals surface area contributed by atoms with Gasteiger partial charge in [-0.25, -0.2) is 0 Å². The molecular formula is C4H13O3Sb. The number of rotatable bonds is 3. The maximum absolute atomic E-state index is 5.00. The van der Waals surface area contributed by atoms with Gasteiger partial charge in [0.1, 0.15) is 0 Å². The van der Waals surface area contributed by atoms with Gasteiger partial charge in [-0.1, -0.05) is 0 Å². The first-order valence-electron chi connectivity index (χ1n) is 2.34. The molecule has 0 saturated heterocycles. The zero-order chi connectivity index (χ0) is 6.62. The van der Waals surface area contributed by atoms with Gasteiger partial charge in [0.25, 0.3) is 0 Å². The topological polar surface area (TPSA) is 27.7 Å². The standard InChI is InChI=1S/3CH3O.CH3.Sb.H/c3*1-2;;;/h3*1H3;1H3;;/q3*-1;;+3;. The van der Waals surface area contributed by atoms with E-state index in [0.29, 0.717) is 0 Å². The van der Waals surface area contributed by atoms with E-state index in [0.717, 1.165) is 0 Å². The molecule has 8 heavy (non-hydrogen) atoms. The van der Waals surface area contributed by atoms with Crippen LogP contribution >= 0.6 is 0 Å². The van der Waals surface area contributed by atoms with Crippen LogP contribution in [0.5, 0.6) is 0 Å². The fourth-order valence-corrected chi connectivity index (χ4v) is 1.68. The van der Waals surface area contributed by atoms with Gasteiger partial charge in [0.2, 0.25) is 0 Å². The monoisotopic (exact) mass is 230 g/mol. The van der Waals surface area contributed by atoms with E-state index in [9.17, 15) is 0 Å². The summed E-state index contributed by atoms with van der Waals surface area (Å²) in [6.07, 6.45) is 0. The predicted molar refractivity (Wildman–Crippen MR) is 34.0 cm³/mol. The van der Waals surface area contributed by atoms with Crippen molar-refractivity contribution < 1.29 is 9.05 Å². The van der Waals surface area contributed by atoms with Crippen molar-refractivity contribution in [2.24, 2.45) is 0 Å². The molecule has 0 aliphatic heterocycles. The summed E-state index contributed by atoms with van der Waals surface area (Å²) >= 11 is -2.84. The zero-order valence-electron chi connectivity index (χ0n) is 5.72. The van der Waals surface area contributed by atoms with Crippen molar-refractivity contribution in [1.82, 2.24) is 0 Å². The molecule has 0 N–H and O–H groups in total. The molecule has 3 nitrogen and oxygen atoms in total. The van der Waals surface area contributed by atoms with Crippen molar-refractivity contribution in [2.75, 3.05) is 21.3 Å². The maximum atomic E-state index is 5.00. The van der Waals surface area contributed by atoms with E-state index >= 15 is 0 Å². The van der Waals surface area contributed by atoms with Crippen LogP contribution in [-0.2, 0) is 9.05 Å². The molecule has 52 valence electrons. The van der Waals surface area contributed by atoms with Crippen LogP contribution in [0, 0.1) is 0 Å². The average molecular weight is 231 g/mol. The zero-order valence-corrected chi connectivity index (χ0v) is 8.58. The molecule has 0 unspecified atom stereocenters. The van der Waals surface area contributed by atoms with Gasteiger partial charge >= 0.3 is 55.3 Å². The second kappa shape index (κ2) is 3.67. The van der Waals surface area contributed by atoms with Crippen LogP contribution in [0.3, 0.4) is 0 Å². The third-order valence-electron chi connectivity index (χ3n) is 1.11. The van der Waals surface area contributed by atoms with Crippen molar-refractivity contribution in [3.8, 4) is 0 Å². The first-order valence-corrected chi connectivity index (χ1v) is 8.69. The van der Waals surface area contributed by atoms with Crippen LogP contribution in [-0.4, -0.2) is 41.4 Å². The van der Waals surface area contributed by atoms with Gasteiger partial charge < -0.3 is 0 Å². The second-order valence-corrected chi connectivity index (χ2v) is 9.89. The van der Waals surface area contributed by atoms with E-state index in [-0.39, 0.29) is 0 Å². The summed E-state index contributed by atoms with van der Waals surface area (Å²) in [6.45, 7) is 0. The van der Waals surface area contributed by atoms with E-state index in [2.05, 4.69) is 0 Å². The molecule has 0 fully saturated rings. The van der Waals surface area contributed by atoms with E-state index in [1.165, 1.54) is 0 Å². The molecule has 0 saturated carbocycles. The van der Waals surface area contributed by atoms with Crippen LogP contribution in [0.4, 0.5) is 0 Å². The molecule has 0 atom stereocenters. The van der Waals surface area contributed by atoms with Gasteiger partial charge in [-0.3, -0.25) is 0 Å². The van der Waals surface area contributed by atoms with Crippen LogP contribution in [0.1, 0.15) is 0 Å². The minimum absolute atomic E-state index is 1.61. The van der Waals surface area contributed by atoms with Gasteiger partial charge in [0.15, 0.2) is 0 Å². The van der Waals surface area contributed by atoms with Gasteiger partial charge in [-0.2, -0.15) is 0 Å². The minimum atomic E-state index is -2.84. The predicted octanol–water partition coefficient (Wildman–Crippen LogP) is 0.227. The van der Waals surface area contributed by atoms with E-state index < -0.39 is 20.1 Å². The fourth-order valence-electron chi connectivity index (χ4n) is 0.250. The molecule has 0 rings (SSSR count). The Balaban J connectivity index is 3.58. The van der Waals surface area contributed by atoms with Crippen molar-refractivity contribution in [3.05, 3.63) is 0 Å². The second-order valence-electron chi connectivity index (χ2n) is 1.47. The van der Waals surface area contributed by atoms with E-state index in [4.69, 9.17) is 9.05 Å². The molecule has 0 amide bonds. The Labute approximate surface area is 55.6 Å². The molecular weight excluding hydrogens is 218 g/mol. The van der Waals surface area contributed by atoms with Crippen molar-refractivity contribution in [2.45, 2.75) is 4.87 Å². The SMILES string of the molecule is C[O][SbH]([CH3])([O]C)[O]C. The van der Waals surface area contributed by atoms with Crippen molar-refractivity contribution >= 4 is 20.1 Å². The molecule has 0 heterocycles. The van der Waals surface area contributed by atoms with Gasteiger partial charge in [0.05, 0.1) is 0 Å². The molecule has 0 bridgehead atoms. The Morgan fingerprint density at radius 3 is 1.12 bits per heavy atom. The van der Waals surface area contributed by atoms with Crippen LogP contribution < -0.4 is 0 Å². The summed E-state index contributed by atoms with van der Waals surface area (Å²) in [6, 6.07) is 0. The third kappa shape index (κ3) is 2.31. The molecule has 0 radical (unpaired) electrons. The quantitative estimate of drug-likeness (QED) is 0.650. The molecule has 0 aromatic rings. The fraction of sp³-hybridized carbons (Fsp3) is 1.00. The Bertz CT molecular complexity index is 54.0. The van der Waals surface area contributed by atoms with Crippen molar-refractivity contribution in [3.63, 3.8) is 0 Å². The third-order valence-corrected chi connectivity index (χ3v) is 7.46. The summed E-state index contributed by atoms with van der Waals surface area (Å²) in [4.78, 5) is 1.90. The summed E-state index contributed by atoms with van der Waals surface area (Å²) in [5, 5.41) is 0. The molecule has 0 spiro atoms. The van der Waals surface area contributed by atoms with E-state index in [1.54, 1.807) is 21.3 Å². The Morgan fingerprint density at radius 1 is 0.875 bits per heavy atom. The van der Waals surface area contributed by atoms with Crippen LogP contribution in [0.25, 0.3) is 0 Å². The summed E-state index contributed by atoms with van der Waals surface area (Å²) < 4.78 is 15.0. The summed E-state index contributed by atoms with van der Waals surface area (Å²) in [5.74, 6) is 0. The van der Waals surface area contributed by atoms with Gasteiger partial charge in [-0.15, -0.1) is 0 Å². The van der Waals surface area contributed by atoms with Gasteiger partial charge in [0, 0.05) is 0 Å². The number of hydrogen-bond acceptors (Lipinski definition) is 3. The average Bonchev–Trinajstić information content (AvgIpc) is 1.87. The summed E-state index contributed by atoms with van der Waals surface area (Å²) in [7, 11) is 4.84. The van der Waals surface area contributed by atoms with E-state index in [1.807, 2.05) is 4.87 Å². The first-order chi connectivity index (χ1) is 3.68. The number of hydrogen-bond donors (Lipinski definition) is 0. The molecule has 0 aromatic heterocycles. The first kappa shape index (κ1) is 8.70. The molecule has 0 aliphatic carbocycles.